The Morgan fingerprint density at radius 1 is 1.12 bits per heavy atom. The van der Waals surface area contributed by atoms with Crippen LogP contribution >= 0.6 is 0 Å². The minimum Gasteiger partial charge on any atom is -0.406 e. The lowest BCUT2D eigenvalue weighted by Gasteiger charge is -2.35. The molecule has 2 aliphatic heterocycles. The molecule has 2 aromatic rings. The first-order valence-corrected chi connectivity index (χ1v) is 9.88. The maximum absolute atomic E-state index is 13.0. The third-order valence-corrected chi connectivity index (χ3v) is 5.15. The van der Waals surface area contributed by atoms with Crippen LogP contribution in [0.1, 0.15) is 18.4 Å². The normalized spacial score (nSPS) is 18.2. The van der Waals surface area contributed by atoms with Crippen molar-refractivity contribution in [3.8, 4) is 5.75 Å². The topological polar surface area (TPSA) is 75.2 Å². The SMILES string of the molecule is O=C(CN1CCC2(CC1)N=C(c1ccc(OC(F)(F)F)cc1)NO2)Nc1ccc(F)cc1. The minimum atomic E-state index is -4.75. The number of carbonyl (C=O) groups excluding carboxylic acids is 1. The van der Waals surface area contributed by atoms with Crippen molar-refractivity contribution in [2.24, 2.45) is 4.99 Å². The summed E-state index contributed by atoms with van der Waals surface area (Å²) in [5, 5.41) is 2.73. The highest BCUT2D eigenvalue weighted by Crippen LogP contribution is 2.31. The highest BCUT2D eigenvalue weighted by molar-refractivity contribution is 5.99. The summed E-state index contributed by atoms with van der Waals surface area (Å²) in [6, 6.07) is 10.9. The lowest BCUT2D eigenvalue weighted by atomic mass is 10.0. The first-order chi connectivity index (χ1) is 15.2. The van der Waals surface area contributed by atoms with Crippen molar-refractivity contribution >= 4 is 17.4 Å². The van der Waals surface area contributed by atoms with Gasteiger partial charge in [-0.1, -0.05) is 0 Å². The molecule has 1 fully saturated rings. The number of hydrogen-bond acceptors (Lipinski definition) is 6. The van der Waals surface area contributed by atoms with E-state index in [1.807, 2.05) is 4.90 Å². The molecule has 2 aromatic carbocycles. The number of nitrogens with one attached hydrogen (secondary N) is 2. The van der Waals surface area contributed by atoms with Gasteiger partial charge in [0.1, 0.15) is 11.6 Å². The second kappa shape index (κ2) is 8.75. The summed E-state index contributed by atoms with van der Waals surface area (Å²) in [6.45, 7) is 1.31. The van der Waals surface area contributed by atoms with E-state index in [1.165, 1.54) is 48.5 Å². The van der Waals surface area contributed by atoms with Gasteiger partial charge >= 0.3 is 6.36 Å². The molecule has 170 valence electrons. The van der Waals surface area contributed by atoms with Gasteiger partial charge in [-0.2, -0.15) is 0 Å². The van der Waals surface area contributed by atoms with Crippen LogP contribution in [0, 0.1) is 5.82 Å². The first-order valence-electron chi connectivity index (χ1n) is 9.88. The van der Waals surface area contributed by atoms with Crippen molar-refractivity contribution in [2.75, 3.05) is 25.0 Å². The molecule has 11 heteroatoms. The van der Waals surface area contributed by atoms with E-state index in [2.05, 4.69) is 20.5 Å². The molecule has 1 amide bonds. The van der Waals surface area contributed by atoms with Crippen molar-refractivity contribution in [3.63, 3.8) is 0 Å². The van der Waals surface area contributed by atoms with Crippen LogP contribution in [0.3, 0.4) is 0 Å². The molecular weight excluding hydrogens is 432 g/mol. The molecule has 2 heterocycles. The number of nitrogens with zero attached hydrogens (tertiary/aromatic N) is 2. The summed E-state index contributed by atoms with van der Waals surface area (Å²) in [6.07, 6.45) is -3.69. The van der Waals surface area contributed by atoms with Crippen molar-refractivity contribution in [3.05, 3.63) is 59.9 Å². The fraction of sp³-hybridized carbons (Fsp3) is 0.333. The number of carbonyl (C=O) groups is 1. The third-order valence-electron chi connectivity index (χ3n) is 5.15. The molecule has 0 atom stereocenters. The van der Waals surface area contributed by atoms with E-state index in [0.717, 1.165) is 0 Å². The lowest BCUT2D eigenvalue weighted by molar-refractivity contribution is -0.274. The van der Waals surface area contributed by atoms with Gasteiger partial charge in [-0.3, -0.25) is 9.69 Å². The van der Waals surface area contributed by atoms with Crippen LogP contribution in [-0.4, -0.2) is 48.4 Å². The summed E-state index contributed by atoms with van der Waals surface area (Å²) in [7, 11) is 0. The van der Waals surface area contributed by atoms with Gasteiger partial charge in [0.15, 0.2) is 11.6 Å². The molecule has 0 aromatic heterocycles. The molecule has 1 spiro atoms. The van der Waals surface area contributed by atoms with Crippen LogP contribution in [0.4, 0.5) is 23.2 Å². The van der Waals surface area contributed by atoms with Gasteiger partial charge in [0.05, 0.1) is 6.54 Å². The van der Waals surface area contributed by atoms with Crippen molar-refractivity contribution in [1.29, 1.82) is 0 Å². The Labute approximate surface area is 181 Å². The Kier molecular flexibility index (Phi) is 6.02. The van der Waals surface area contributed by atoms with Gasteiger partial charge in [-0.05, 0) is 48.5 Å². The highest BCUT2D eigenvalue weighted by atomic mass is 19.4. The zero-order valence-corrected chi connectivity index (χ0v) is 16.8. The number of halogens is 4. The van der Waals surface area contributed by atoms with E-state index in [1.54, 1.807) is 0 Å². The largest absolute Gasteiger partial charge is 0.573 e. The van der Waals surface area contributed by atoms with Crippen LogP contribution in [0.15, 0.2) is 53.5 Å². The maximum Gasteiger partial charge on any atom is 0.573 e. The molecule has 0 bridgehead atoms. The number of benzene rings is 2. The summed E-state index contributed by atoms with van der Waals surface area (Å²) >= 11 is 0. The van der Waals surface area contributed by atoms with Crippen LogP contribution in [0.2, 0.25) is 0 Å². The minimum absolute atomic E-state index is 0.179. The Balaban J connectivity index is 1.30. The number of alkyl halides is 3. The first kappa shape index (κ1) is 22.0. The van der Waals surface area contributed by atoms with Crippen molar-refractivity contribution in [2.45, 2.75) is 24.9 Å². The third kappa shape index (κ3) is 5.54. The number of rotatable bonds is 5. The summed E-state index contributed by atoms with van der Waals surface area (Å²) < 4.78 is 53.7. The lowest BCUT2D eigenvalue weighted by Crippen LogP contribution is -2.46. The predicted octanol–water partition coefficient (Wildman–Crippen LogP) is 3.44. The summed E-state index contributed by atoms with van der Waals surface area (Å²) in [5.41, 5.74) is 3.05. The number of hydrogen-bond donors (Lipinski definition) is 2. The Bertz CT molecular complexity index is 986. The van der Waals surface area contributed by atoms with E-state index >= 15 is 0 Å². The van der Waals surface area contributed by atoms with Gasteiger partial charge in [0.25, 0.3) is 0 Å². The number of aliphatic imine (C=N–C) groups is 1. The molecule has 0 unspecified atom stereocenters. The second-order valence-corrected chi connectivity index (χ2v) is 7.51. The summed E-state index contributed by atoms with van der Waals surface area (Å²) in [5.74, 6) is -0.475. The molecule has 0 saturated carbocycles. The molecule has 0 radical (unpaired) electrons. The summed E-state index contributed by atoms with van der Waals surface area (Å²) in [4.78, 5) is 24.5. The zero-order valence-electron chi connectivity index (χ0n) is 16.8. The zero-order chi connectivity index (χ0) is 22.8. The van der Waals surface area contributed by atoms with Gasteiger partial charge in [-0.25, -0.2) is 19.7 Å². The Morgan fingerprint density at radius 2 is 1.78 bits per heavy atom. The Morgan fingerprint density at radius 3 is 2.41 bits per heavy atom. The predicted molar refractivity (Wildman–Crippen MR) is 107 cm³/mol. The van der Waals surface area contributed by atoms with E-state index in [9.17, 15) is 22.4 Å². The van der Waals surface area contributed by atoms with Crippen LogP contribution in [0.5, 0.6) is 5.75 Å². The molecule has 4 rings (SSSR count). The smallest absolute Gasteiger partial charge is 0.406 e. The fourth-order valence-corrected chi connectivity index (χ4v) is 3.54. The molecule has 2 aliphatic rings. The number of amidine groups is 1. The quantitative estimate of drug-likeness (QED) is 0.680. The van der Waals surface area contributed by atoms with Gasteiger partial charge < -0.3 is 10.1 Å². The number of piperidine rings is 1. The Hall–Kier alpha value is -3.18. The molecular formula is C21H20F4N4O3. The van der Waals surface area contributed by atoms with Crippen LogP contribution < -0.4 is 15.5 Å². The van der Waals surface area contributed by atoms with Crippen LogP contribution in [0.25, 0.3) is 0 Å². The molecule has 32 heavy (non-hydrogen) atoms. The average molecular weight is 452 g/mol. The van der Waals surface area contributed by atoms with Crippen molar-refractivity contribution < 1.29 is 31.9 Å². The van der Waals surface area contributed by atoms with Gasteiger partial charge in [0, 0.05) is 37.2 Å². The molecule has 0 aliphatic carbocycles. The molecule has 1 saturated heterocycles. The second-order valence-electron chi connectivity index (χ2n) is 7.51. The van der Waals surface area contributed by atoms with E-state index in [4.69, 9.17) is 4.84 Å². The number of anilines is 1. The standard InChI is InChI=1S/C21H20F4N4O3/c22-15-3-5-16(6-4-15)26-18(30)13-29-11-9-20(10-12-29)27-19(28-32-20)14-1-7-17(8-2-14)31-21(23,24)25/h1-8H,9-13H2,(H,26,30)(H,27,28). The van der Waals surface area contributed by atoms with E-state index in [-0.39, 0.29) is 24.0 Å². The van der Waals surface area contributed by atoms with Crippen molar-refractivity contribution in [1.82, 2.24) is 10.4 Å². The van der Waals surface area contributed by atoms with E-state index in [0.29, 0.717) is 43.0 Å². The number of amides is 1. The number of hydroxylamine groups is 1. The average Bonchev–Trinajstić information content (AvgIpc) is 3.15. The van der Waals surface area contributed by atoms with Crippen LogP contribution in [-0.2, 0) is 9.63 Å². The number of likely N-dealkylation sites (tertiary alicyclic amines) is 1. The van der Waals surface area contributed by atoms with Gasteiger partial charge in [-0.15, -0.1) is 13.2 Å². The number of ether oxygens (including phenoxy) is 1. The monoisotopic (exact) mass is 452 g/mol. The van der Waals surface area contributed by atoms with E-state index < -0.39 is 12.1 Å². The highest BCUT2D eigenvalue weighted by Gasteiger charge is 2.40. The maximum atomic E-state index is 13.0. The van der Waals surface area contributed by atoms with Gasteiger partial charge in [0.2, 0.25) is 5.91 Å². The molecule has 7 nitrogen and oxygen atoms in total. The fourth-order valence-electron chi connectivity index (χ4n) is 3.54. The molecule has 2 N–H and O–H groups in total.